The molecular weight excluding hydrogens is 116 g/mol. The molecule has 0 N–H and O–H groups in total. The van der Waals surface area contributed by atoms with Crippen molar-refractivity contribution in [3.8, 4) is 0 Å². The summed E-state index contributed by atoms with van der Waals surface area (Å²) in [5.74, 6) is 7.82. The van der Waals surface area contributed by atoms with Crippen molar-refractivity contribution in [2.24, 2.45) is 5.92 Å². The molecule has 1 aliphatic heterocycles. The highest BCUT2D eigenvalue weighted by Gasteiger charge is 2.08. The van der Waals surface area contributed by atoms with E-state index in [0.29, 0.717) is 10.5 Å². The third kappa shape index (κ3) is 1.62. The van der Waals surface area contributed by atoms with Crippen LogP contribution in [0.15, 0.2) is 0 Å². The van der Waals surface area contributed by atoms with Gasteiger partial charge in [0, 0.05) is 0 Å². The normalized spacial score (nSPS) is 39.6. The zero-order valence-corrected chi connectivity index (χ0v) is 6.34. The topological polar surface area (TPSA) is 0 Å². The van der Waals surface area contributed by atoms with E-state index in [1.54, 1.807) is 0 Å². The van der Waals surface area contributed by atoms with Gasteiger partial charge in [-0.3, -0.25) is 0 Å². The van der Waals surface area contributed by atoms with Crippen molar-refractivity contribution in [1.29, 1.82) is 0 Å². The van der Waals surface area contributed by atoms with E-state index >= 15 is 0 Å². The number of rotatable bonds is 0. The van der Waals surface area contributed by atoms with Crippen LogP contribution >= 0.6 is 10.5 Å². The van der Waals surface area contributed by atoms with Crippen molar-refractivity contribution in [1.82, 2.24) is 0 Å². The Bertz CT molecular complexity index is 96.6. The number of hydrogen-bond donors (Lipinski definition) is 0. The van der Waals surface area contributed by atoms with Crippen LogP contribution in [0.5, 0.6) is 0 Å². The highest BCUT2D eigenvalue weighted by Crippen LogP contribution is 2.25. The summed E-state index contributed by atoms with van der Waals surface area (Å²) >= 11 is 0. The second kappa shape index (κ2) is 2.67. The Labute approximate surface area is 54.2 Å². The zero-order valence-electron chi connectivity index (χ0n) is 5.52. The zero-order chi connectivity index (χ0) is 5.98. The minimum absolute atomic E-state index is 0.530. The molecule has 0 spiro atoms. The van der Waals surface area contributed by atoms with E-state index in [9.17, 15) is 0 Å². The van der Waals surface area contributed by atoms with E-state index in [2.05, 4.69) is 12.8 Å². The standard InChI is InChI=1S/C7H14S/c1-7-4-3-5-8(2)6-7/h7H,2-6H2,1H3. The molecule has 1 heterocycles. The van der Waals surface area contributed by atoms with Crippen LogP contribution in [0.2, 0.25) is 0 Å². The maximum absolute atomic E-state index is 4.08. The van der Waals surface area contributed by atoms with E-state index in [0.717, 1.165) is 5.92 Å². The maximum atomic E-state index is 4.08. The molecule has 0 amide bonds. The van der Waals surface area contributed by atoms with Gasteiger partial charge in [0.25, 0.3) is 0 Å². The fraction of sp³-hybridized carbons (Fsp3) is 0.857. The predicted octanol–water partition coefficient (Wildman–Crippen LogP) is 2.12. The van der Waals surface area contributed by atoms with E-state index < -0.39 is 0 Å². The molecule has 0 aromatic heterocycles. The SMILES string of the molecule is C=S1CCCC(C)C1. The fourth-order valence-corrected chi connectivity index (χ4v) is 2.92. The van der Waals surface area contributed by atoms with Crippen molar-refractivity contribution in [2.75, 3.05) is 11.5 Å². The van der Waals surface area contributed by atoms with Gasteiger partial charge < -0.3 is 0 Å². The molecule has 48 valence electrons. The lowest BCUT2D eigenvalue weighted by Gasteiger charge is -2.19. The van der Waals surface area contributed by atoms with Gasteiger partial charge in [-0.05, 0) is 30.3 Å². The van der Waals surface area contributed by atoms with Crippen molar-refractivity contribution in [2.45, 2.75) is 19.8 Å². The Morgan fingerprint density at radius 2 is 2.38 bits per heavy atom. The molecule has 0 aliphatic carbocycles. The lowest BCUT2D eigenvalue weighted by Crippen LogP contribution is -2.07. The van der Waals surface area contributed by atoms with Gasteiger partial charge in [0.1, 0.15) is 0 Å². The smallest absolute Gasteiger partial charge is 0.00969 e. The van der Waals surface area contributed by atoms with Crippen molar-refractivity contribution < 1.29 is 0 Å². The van der Waals surface area contributed by atoms with Gasteiger partial charge in [0.15, 0.2) is 0 Å². The molecule has 1 fully saturated rings. The summed E-state index contributed by atoms with van der Waals surface area (Å²) in [5, 5.41) is 0. The van der Waals surface area contributed by atoms with Crippen LogP contribution in [0.25, 0.3) is 0 Å². The van der Waals surface area contributed by atoms with Crippen LogP contribution in [-0.4, -0.2) is 17.4 Å². The summed E-state index contributed by atoms with van der Waals surface area (Å²) in [6.45, 7) is 2.34. The molecule has 1 heteroatoms. The molecule has 0 radical (unpaired) electrons. The summed E-state index contributed by atoms with van der Waals surface area (Å²) in [5.41, 5.74) is 0. The summed E-state index contributed by atoms with van der Waals surface area (Å²) in [7, 11) is 0.530. The van der Waals surface area contributed by atoms with Crippen molar-refractivity contribution in [3.63, 3.8) is 0 Å². The lowest BCUT2D eigenvalue weighted by molar-refractivity contribution is 0.573. The highest BCUT2D eigenvalue weighted by atomic mass is 32.2. The largest absolute Gasteiger partial charge is 0.193 e. The Morgan fingerprint density at radius 3 is 2.75 bits per heavy atom. The second-order valence-corrected chi connectivity index (χ2v) is 4.70. The lowest BCUT2D eigenvalue weighted by atomic mass is 10.1. The Kier molecular flexibility index (Phi) is 2.12. The first-order valence-electron chi connectivity index (χ1n) is 3.26. The summed E-state index contributed by atoms with van der Waals surface area (Å²) in [6.07, 6.45) is 2.87. The van der Waals surface area contributed by atoms with Gasteiger partial charge in [-0.15, -0.1) is 0 Å². The van der Waals surface area contributed by atoms with Gasteiger partial charge in [0.2, 0.25) is 0 Å². The fourth-order valence-electron chi connectivity index (χ4n) is 1.20. The molecular formula is C7H14S. The Hall–Kier alpha value is 0.220. The van der Waals surface area contributed by atoms with Crippen molar-refractivity contribution in [3.05, 3.63) is 0 Å². The molecule has 1 aliphatic rings. The average Bonchev–Trinajstić information content (AvgIpc) is 1.64. The first kappa shape index (κ1) is 6.34. The molecule has 0 aromatic carbocycles. The third-order valence-corrected chi connectivity index (χ3v) is 3.56. The summed E-state index contributed by atoms with van der Waals surface area (Å²) in [6, 6.07) is 0. The second-order valence-electron chi connectivity index (χ2n) is 2.73. The van der Waals surface area contributed by atoms with Crippen LogP contribution in [-0.2, 0) is 0 Å². The molecule has 0 aromatic rings. The molecule has 1 rings (SSSR count). The molecule has 8 heavy (non-hydrogen) atoms. The van der Waals surface area contributed by atoms with Gasteiger partial charge in [-0.2, -0.15) is 10.5 Å². The molecule has 2 unspecified atom stereocenters. The quantitative estimate of drug-likeness (QED) is 0.441. The number of hydrogen-bond acceptors (Lipinski definition) is 0. The van der Waals surface area contributed by atoms with Crippen LogP contribution in [0.3, 0.4) is 0 Å². The van der Waals surface area contributed by atoms with Crippen LogP contribution in [0.4, 0.5) is 0 Å². The predicted molar refractivity (Wildman–Crippen MR) is 42.8 cm³/mol. The van der Waals surface area contributed by atoms with E-state index in [1.807, 2.05) is 0 Å². The van der Waals surface area contributed by atoms with E-state index in [-0.39, 0.29) is 0 Å². The molecule has 0 bridgehead atoms. The van der Waals surface area contributed by atoms with Gasteiger partial charge in [-0.1, -0.05) is 12.8 Å². The van der Waals surface area contributed by atoms with Crippen LogP contribution in [0, 0.1) is 5.92 Å². The molecule has 1 saturated heterocycles. The monoisotopic (exact) mass is 130 g/mol. The van der Waals surface area contributed by atoms with Crippen LogP contribution < -0.4 is 0 Å². The first-order valence-corrected chi connectivity index (χ1v) is 4.99. The molecule has 0 nitrogen and oxygen atoms in total. The van der Waals surface area contributed by atoms with Crippen LogP contribution in [0.1, 0.15) is 19.8 Å². The van der Waals surface area contributed by atoms with E-state index in [4.69, 9.17) is 0 Å². The van der Waals surface area contributed by atoms with Gasteiger partial charge >= 0.3 is 0 Å². The summed E-state index contributed by atoms with van der Waals surface area (Å²) in [4.78, 5) is 0. The molecule has 2 atom stereocenters. The maximum Gasteiger partial charge on any atom is -0.00969 e. The van der Waals surface area contributed by atoms with Gasteiger partial charge in [-0.25, -0.2) is 0 Å². The summed E-state index contributed by atoms with van der Waals surface area (Å²) < 4.78 is 0. The Morgan fingerprint density at radius 1 is 1.62 bits per heavy atom. The third-order valence-electron chi connectivity index (χ3n) is 1.65. The van der Waals surface area contributed by atoms with Gasteiger partial charge in [0.05, 0.1) is 0 Å². The van der Waals surface area contributed by atoms with Crippen molar-refractivity contribution >= 4 is 16.4 Å². The Balaban J connectivity index is 2.34. The minimum Gasteiger partial charge on any atom is -0.193 e. The highest BCUT2D eigenvalue weighted by molar-refractivity contribution is 8.14. The minimum atomic E-state index is 0.530. The van der Waals surface area contributed by atoms with E-state index in [1.165, 1.54) is 24.3 Å². The first-order chi connectivity index (χ1) is 3.79. The molecule has 0 saturated carbocycles. The average molecular weight is 130 g/mol.